The fourth-order valence-corrected chi connectivity index (χ4v) is 6.01. The zero-order valence-corrected chi connectivity index (χ0v) is 28.6. The van der Waals surface area contributed by atoms with E-state index >= 15 is 0 Å². The van der Waals surface area contributed by atoms with Crippen molar-refractivity contribution < 1.29 is 42.3 Å². The lowest BCUT2D eigenvalue weighted by Gasteiger charge is -2.27. The highest BCUT2D eigenvalue weighted by Crippen LogP contribution is 2.27. The Balaban J connectivity index is 1.74. The molecule has 49 heavy (non-hydrogen) atoms. The Kier molecular flexibility index (Phi) is 14.4. The molecule has 0 bridgehead atoms. The molecule has 2 aromatic carbocycles. The Morgan fingerprint density at radius 1 is 0.878 bits per heavy atom. The molecule has 1 aromatic heterocycles. The number of carbonyl (C=O) groups is 5. The highest BCUT2D eigenvalue weighted by atomic mass is 32.1. The molecule has 0 radical (unpaired) electrons. The smallest absolute Gasteiger partial charge is 0.382 e. The monoisotopic (exact) mass is 701 g/mol. The minimum absolute atomic E-state index is 0.0685. The van der Waals surface area contributed by atoms with Gasteiger partial charge in [0.1, 0.15) is 16.5 Å². The minimum atomic E-state index is -5.04. The summed E-state index contributed by atoms with van der Waals surface area (Å²) in [5, 5.41) is 17.1. The minimum Gasteiger partial charge on any atom is -0.382 e. The summed E-state index contributed by atoms with van der Waals surface area (Å²) >= 11 is 1.31. The molecule has 5 atom stereocenters. The van der Waals surface area contributed by atoms with Gasteiger partial charge in [-0.25, -0.2) is 4.98 Å². The topological polar surface area (TPSA) is 143 Å². The van der Waals surface area contributed by atoms with E-state index in [2.05, 4.69) is 15.6 Å². The Labute approximate surface area is 287 Å². The van der Waals surface area contributed by atoms with Crippen LogP contribution in [-0.4, -0.2) is 63.6 Å². The Morgan fingerprint density at radius 2 is 1.49 bits per heavy atom. The zero-order valence-electron chi connectivity index (χ0n) is 27.8. The number of rotatable bonds is 18. The molecular weight excluding hydrogens is 659 g/mol. The van der Waals surface area contributed by atoms with E-state index in [9.17, 15) is 42.3 Å². The summed E-state index contributed by atoms with van der Waals surface area (Å²) in [6.07, 6.45) is -9.22. The molecule has 0 aliphatic rings. The van der Waals surface area contributed by atoms with Gasteiger partial charge in [-0.2, -0.15) is 13.2 Å². The number of benzene rings is 2. The molecule has 0 aliphatic carbocycles. The van der Waals surface area contributed by atoms with Crippen LogP contribution in [0.4, 0.5) is 13.2 Å². The van der Waals surface area contributed by atoms with Crippen LogP contribution in [0, 0.1) is 17.8 Å². The van der Waals surface area contributed by atoms with Gasteiger partial charge in [0, 0.05) is 42.0 Å². The highest BCUT2D eigenvalue weighted by molar-refractivity contribution is 7.13. The van der Waals surface area contributed by atoms with Crippen molar-refractivity contribution in [3.8, 4) is 10.6 Å². The van der Waals surface area contributed by atoms with Crippen molar-refractivity contribution >= 4 is 40.5 Å². The molecule has 13 heteroatoms. The van der Waals surface area contributed by atoms with Crippen LogP contribution < -0.4 is 10.6 Å². The fraction of sp³-hybridized carbons (Fsp3) is 0.444. The van der Waals surface area contributed by atoms with Gasteiger partial charge in [0.2, 0.25) is 11.8 Å². The molecule has 264 valence electrons. The summed E-state index contributed by atoms with van der Waals surface area (Å²) in [5.41, 5.74) is 1.80. The van der Waals surface area contributed by atoms with E-state index in [1.165, 1.54) is 25.2 Å². The van der Waals surface area contributed by atoms with Crippen molar-refractivity contribution in [1.29, 1.82) is 0 Å². The summed E-state index contributed by atoms with van der Waals surface area (Å²) in [6.45, 7) is 6.10. The standard InChI is InChI=1S/C36H42F3N3O6S/c1-21(2)26(19-31(45)29-20-49-35(42-29)25-13-9-6-10-14-25)34(48)41-28(18-24-11-7-5-8-12-24)30(44)17-22(3)33(47)40-27(16-15-23(4)43)32(46)36(37,38)39/h5-14,20-22,26-28,32,46H,15-19H2,1-4H3,(H,40,47)(H,41,48)/t22-,26+,27?,28+,32?/m1/s1. The number of aliphatic hydroxyl groups excluding tert-OH is 1. The normalized spacial score (nSPS) is 14.7. The summed E-state index contributed by atoms with van der Waals surface area (Å²) in [4.78, 5) is 69.4. The average molecular weight is 702 g/mol. The number of Topliss-reactive ketones (excluding diaryl/α,β-unsaturated/α-hetero) is 3. The molecule has 3 N–H and O–H groups in total. The van der Waals surface area contributed by atoms with Crippen molar-refractivity contribution in [3.05, 3.63) is 77.3 Å². The number of amides is 2. The van der Waals surface area contributed by atoms with E-state index < -0.39 is 72.4 Å². The average Bonchev–Trinajstić information content (AvgIpc) is 3.55. The first-order chi connectivity index (χ1) is 23.1. The Morgan fingerprint density at radius 3 is 2.06 bits per heavy atom. The first-order valence-corrected chi connectivity index (χ1v) is 16.9. The van der Waals surface area contributed by atoms with E-state index in [1.54, 1.807) is 49.6 Å². The number of carbonyl (C=O) groups excluding carboxylic acids is 5. The fourth-order valence-electron chi connectivity index (χ4n) is 5.18. The molecule has 0 fully saturated rings. The largest absolute Gasteiger partial charge is 0.416 e. The number of halogens is 3. The van der Waals surface area contributed by atoms with Gasteiger partial charge < -0.3 is 20.5 Å². The number of aromatic nitrogens is 1. The predicted octanol–water partition coefficient (Wildman–Crippen LogP) is 5.76. The number of hydrogen-bond donors (Lipinski definition) is 3. The number of aliphatic hydroxyl groups is 1. The van der Waals surface area contributed by atoms with Crippen molar-refractivity contribution in [3.63, 3.8) is 0 Å². The summed E-state index contributed by atoms with van der Waals surface area (Å²) in [6, 6.07) is 15.3. The quantitative estimate of drug-likeness (QED) is 0.143. The summed E-state index contributed by atoms with van der Waals surface area (Å²) < 4.78 is 39.9. The Bertz CT molecular complexity index is 1580. The SMILES string of the molecule is CC(=O)CCC(NC(=O)[C@H](C)CC(=O)[C@H](Cc1ccccc1)NC(=O)[C@@H](CC(=O)c1csc(-c2ccccc2)n1)C(C)C)C(O)C(F)(F)F. The molecule has 3 rings (SSSR count). The van der Waals surface area contributed by atoms with Crippen LogP contribution >= 0.6 is 11.3 Å². The molecule has 2 amide bonds. The molecule has 2 unspecified atom stereocenters. The third-order valence-electron chi connectivity index (χ3n) is 8.15. The van der Waals surface area contributed by atoms with E-state index in [0.29, 0.717) is 10.6 Å². The number of nitrogens with one attached hydrogen (secondary N) is 2. The van der Waals surface area contributed by atoms with Gasteiger partial charge >= 0.3 is 6.18 Å². The number of ketones is 3. The van der Waals surface area contributed by atoms with Crippen LogP contribution in [0.2, 0.25) is 0 Å². The lowest BCUT2D eigenvalue weighted by atomic mass is 9.88. The molecule has 0 saturated carbocycles. The first-order valence-electron chi connectivity index (χ1n) is 16.0. The number of nitrogens with zero attached hydrogens (tertiary/aromatic N) is 1. The van der Waals surface area contributed by atoms with Gasteiger partial charge in [0.15, 0.2) is 17.7 Å². The van der Waals surface area contributed by atoms with Gasteiger partial charge in [-0.3, -0.25) is 19.2 Å². The van der Waals surface area contributed by atoms with Crippen LogP contribution in [0.1, 0.15) is 69.4 Å². The third kappa shape index (κ3) is 12.0. The molecule has 0 aliphatic heterocycles. The molecule has 0 saturated heterocycles. The van der Waals surface area contributed by atoms with Gasteiger partial charge in [-0.15, -0.1) is 11.3 Å². The van der Waals surface area contributed by atoms with Gasteiger partial charge in [-0.1, -0.05) is 81.4 Å². The zero-order chi connectivity index (χ0) is 36.3. The van der Waals surface area contributed by atoms with Crippen molar-refractivity contribution in [2.75, 3.05) is 0 Å². The maximum absolute atomic E-state index is 13.7. The van der Waals surface area contributed by atoms with Crippen LogP contribution in [-0.2, 0) is 25.6 Å². The number of hydrogen-bond acceptors (Lipinski definition) is 8. The second-order valence-electron chi connectivity index (χ2n) is 12.5. The molecule has 9 nitrogen and oxygen atoms in total. The second kappa shape index (κ2) is 18.0. The van der Waals surface area contributed by atoms with E-state index in [1.807, 2.05) is 30.3 Å². The lowest BCUT2D eigenvalue weighted by Crippen LogP contribution is -2.52. The van der Waals surface area contributed by atoms with Crippen molar-refractivity contribution in [2.24, 2.45) is 17.8 Å². The van der Waals surface area contributed by atoms with Crippen LogP contribution in [0.5, 0.6) is 0 Å². The summed E-state index contributed by atoms with van der Waals surface area (Å²) in [5.74, 6) is -4.98. The van der Waals surface area contributed by atoms with Gasteiger partial charge in [0.25, 0.3) is 0 Å². The van der Waals surface area contributed by atoms with Gasteiger partial charge in [0.05, 0.1) is 12.1 Å². The van der Waals surface area contributed by atoms with Crippen LogP contribution in [0.3, 0.4) is 0 Å². The first kappa shape index (κ1) is 39.2. The lowest BCUT2D eigenvalue weighted by molar-refractivity contribution is -0.213. The Hall–Kier alpha value is -4.23. The highest BCUT2D eigenvalue weighted by Gasteiger charge is 2.44. The van der Waals surface area contributed by atoms with Crippen molar-refractivity contribution in [1.82, 2.24) is 15.6 Å². The maximum atomic E-state index is 13.7. The molecule has 0 spiro atoms. The van der Waals surface area contributed by atoms with Crippen LogP contribution in [0.15, 0.2) is 66.0 Å². The number of alkyl halides is 3. The number of thiazole rings is 1. The van der Waals surface area contributed by atoms with E-state index in [-0.39, 0.29) is 36.7 Å². The van der Waals surface area contributed by atoms with Crippen LogP contribution in [0.25, 0.3) is 10.6 Å². The molecule has 1 heterocycles. The second-order valence-corrected chi connectivity index (χ2v) is 13.4. The molecule has 3 aromatic rings. The van der Waals surface area contributed by atoms with Crippen molar-refractivity contribution in [2.45, 2.75) is 84.2 Å². The molecular formula is C36H42F3N3O6S. The van der Waals surface area contributed by atoms with E-state index in [0.717, 1.165) is 5.56 Å². The third-order valence-corrected chi connectivity index (χ3v) is 9.04. The maximum Gasteiger partial charge on any atom is 0.416 e. The predicted molar refractivity (Wildman–Crippen MR) is 180 cm³/mol. The van der Waals surface area contributed by atoms with E-state index in [4.69, 9.17) is 0 Å². The summed E-state index contributed by atoms with van der Waals surface area (Å²) in [7, 11) is 0. The van der Waals surface area contributed by atoms with Gasteiger partial charge in [-0.05, 0) is 31.2 Å².